The summed E-state index contributed by atoms with van der Waals surface area (Å²) in [7, 11) is 0. The lowest BCUT2D eigenvalue weighted by molar-refractivity contribution is 0.135. The third-order valence-electron chi connectivity index (χ3n) is 6.14. The average Bonchev–Trinajstić information content (AvgIpc) is 3.24. The van der Waals surface area contributed by atoms with Crippen molar-refractivity contribution in [2.75, 3.05) is 39.3 Å². The van der Waals surface area contributed by atoms with Gasteiger partial charge in [-0.3, -0.25) is 4.90 Å². The quantitative estimate of drug-likeness (QED) is 0.879. The summed E-state index contributed by atoms with van der Waals surface area (Å²) in [4.78, 5) is 17.1. The highest BCUT2D eigenvalue weighted by Crippen LogP contribution is 2.26. The Labute approximate surface area is 150 Å². The summed E-state index contributed by atoms with van der Waals surface area (Å²) in [5, 5.41) is 6.66. The fourth-order valence-corrected chi connectivity index (χ4v) is 4.66. The van der Waals surface area contributed by atoms with E-state index in [0.717, 1.165) is 45.8 Å². The van der Waals surface area contributed by atoms with Crippen LogP contribution < -0.4 is 10.6 Å². The number of rotatable bonds is 4. The van der Waals surface area contributed by atoms with Crippen LogP contribution in [-0.2, 0) is 6.54 Å². The number of amides is 2. The van der Waals surface area contributed by atoms with Crippen LogP contribution in [0.1, 0.15) is 24.8 Å². The molecule has 3 heterocycles. The Balaban J connectivity index is 1.29. The topological polar surface area (TPSA) is 47.6 Å². The van der Waals surface area contributed by atoms with Gasteiger partial charge < -0.3 is 15.5 Å². The molecule has 3 aliphatic heterocycles. The summed E-state index contributed by atoms with van der Waals surface area (Å²) in [6.07, 6.45) is 3.72. The van der Waals surface area contributed by atoms with Crippen LogP contribution in [0.4, 0.5) is 4.79 Å². The van der Waals surface area contributed by atoms with Crippen LogP contribution in [-0.4, -0.2) is 61.1 Å². The molecule has 1 aromatic rings. The molecule has 0 radical (unpaired) electrons. The number of hydrogen-bond acceptors (Lipinski definition) is 3. The molecule has 1 aromatic carbocycles. The summed E-state index contributed by atoms with van der Waals surface area (Å²) >= 11 is 0. The molecule has 4 rings (SSSR count). The maximum Gasteiger partial charge on any atom is 0.317 e. The molecule has 0 unspecified atom stereocenters. The predicted molar refractivity (Wildman–Crippen MR) is 99.3 cm³/mol. The van der Waals surface area contributed by atoms with E-state index in [4.69, 9.17) is 0 Å². The van der Waals surface area contributed by atoms with Crippen LogP contribution in [0.5, 0.6) is 0 Å². The zero-order valence-corrected chi connectivity index (χ0v) is 15.0. The van der Waals surface area contributed by atoms with Crippen LogP contribution in [0.15, 0.2) is 30.3 Å². The molecule has 0 bridgehead atoms. The first-order valence-corrected chi connectivity index (χ1v) is 9.81. The van der Waals surface area contributed by atoms with Crippen molar-refractivity contribution in [2.24, 2.45) is 11.8 Å². The van der Waals surface area contributed by atoms with Crippen LogP contribution in [0, 0.1) is 11.8 Å². The fourth-order valence-electron chi connectivity index (χ4n) is 4.66. The van der Waals surface area contributed by atoms with Gasteiger partial charge in [-0.05, 0) is 36.8 Å². The van der Waals surface area contributed by atoms with Crippen molar-refractivity contribution in [1.29, 1.82) is 0 Å². The van der Waals surface area contributed by atoms with Gasteiger partial charge in [-0.1, -0.05) is 36.8 Å². The molecule has 2 amide bonds. The van der Waals surface area contributed by atoms with Gasteiger partial charge in [0, 0.05) is 45.3 Å². The second-order valence-electron chi connectivity index (χ2n) is 7.88. The van der Waals surface area contributed by atoms with Gasteiger partial charge in [-0.25, -0.2) is 4.79 Å². The Morgan fingerprint density at radius 2 is 1.88 bits per heavy atom. The van der Waals surface area contributed by atoms with Crippen molar-refractivity contribution in [3.63, 3.8) is 0 Å². The van der Waals surface area contributed by atoms with Crippen molar-refractivity contribution in [2.45, 2.75) is 31.8 Å². The zero-order valence-electron chi connectivity index (χ0n) is 15.0. The van der Waals surface area contributed by atoms with Gasteiger partial charge in [-0.2, -0.15) is 0 Å². The molecule has 136 valence electrons. The van der Waals surface area contributed by atoms with E-state index < -0.39 is 0 Å². The Bertz CT molecular complexity index is 566. The standard InChI is InChI=1S/C20H30N4O/c25-20(24-14-17-10-21-11-18(17)15-24)22-12-19-8-4-5-9-23(19)13-16-6-2-1-3-7-16/h1-3,6-7,17-19,21H,4-5,8-15H2,(H,22,25)/t17-,18+,19-/m0/s1. The number of nitrogens with zero attached hydrogens (tertiary/aromatic N) is 2. The first-order chi connectivity index (χ1) is 12.3. The van der Waals surface area contributed by atoms with Gasteiger partial charge in [0.1, 0.15) is 0 Å². The van der Waals surface area contributed by atoms with E-state index in [1.165, 1.54) is 24.8 Å². The van der Waals surface area contributed by atoms with E-state index in [-0.39, 0.29) is 6.03 Å². The van der Waals surface area contributed by atoms with Gasteiger partial charge in [0.2, 0.25) is 0 Å². The van der Waals surface area contributed by atoms with E-state index in [1.54, 1.807) is 0 Å². The third kappa shape index (κ3) is 3.98. The lowest BCUT2D eigenvalue weighted by atomic mass is 10.0. The maximum absolute atomic E-state index is 12.6. The number of fused-ring (bicyclic) bond motifs is 1. The van der Waals surface area contributed by atoms with E-state index in [1.807, 2.05) is 4.90 Å². The number of urea groups is 1. The molecule has 0 aliphatic carbocycles. The number of likely N-dealkylation sites (tertiary alicyclic amines) is 2. The molecule has 0 aromatic heterocycles. The van der Waals surface area contributed by atoms with Crippen LogP contribution in [0.25, 0.3) is 0 Å². The van der Waals surface area contributed by atoms with Gasteiger partial charge >= 0.3 is 6.03 Å². The maximum atomic E-state index is 12.6. The Kier molecular flexibility index (Phi) is 5.22. The number of nitrogens with one attached hydrogen (secondary N) is 2. The van der Waals surface area contributed by atoms with E-state index >= 15 is 0 Å². The highest BCUT2D eigenvalue weighted by atomic mass is 16.2. The zero-order chi connectivity index (χ0) is 17.1. The second kappa shape index (κ2) is 7.75. The summed E-state index contributed by atoms with van der Waals surface area (Å²) in [5.41, 5.74) is 1.36. The first-order valence-electron chi connectivity index (χ1n) is 9.81. The molecule has 5 heteroatoms. The van der Waals surface area contributed by atoms with Crippen LogP contribution >= 0.6 is 0 Å². The van der Waals surface area contributed by atoms with Crippen molar-refractivity contribution >= 4 is 6.03 Å². The number of benzene rings is 1. The van der Waals surface area contributed by atoms with Crippen molar-refractivity contribution in [3.05, 3.63) is 35.9 Å². The highest BCUT2D eigenvalue weighted by molar-refractivity contribution is 5.74. The van der Waals surface area contributed by atoms with Gasteiger partial charge in [0.25, 0.3) is 0 Å². The molecule has 3 atom stereocenters. The van der Waals surface area contributed by atoms with Crippen molar-refractivity contribution < 1.29 is 4.79 Å². The first kappa shape index (κ1) is 16.9. The molecule has 3 aliphatic rings. The summed E-state index contributed by atoms with van der Waals surface area (Å²) in [6, 6.07) is 11.3. The Hall–Kier alpha value is -1.59. The molecule has 0 saturated carbocycles. The summed E-state index contributed by atoms with van der Waals surface area (Å²) < 4.78 is 0. The van der Waals surface area contributed by atoms with E-state index in [9.17, 15) is 4.79 Å². The van der Waals surface area contributed by atoms with E-state index in [2.05, 4.69) is 45.9 Å². The molecular weight excluding hydrogens is 312 g/mol. The van der Waals surface area contributed by atoms with Crippen molar-refractivity contribution in [3.8, 4) is 0 Å². The monoisotopic (exact) mass is 342 g/mol. The number of piperidine rings is 1. The molecule has 25 heavy (non-hydrogen) atoms. The minimum atomic E-state index is 0.139. The third-order valence-corrected chi connectivity index (χ3v) is 6.14. The summed E-state index contributed by atoms with van der Waals surface area (Å²) in [5.74, 6) is 1.32. The lowest BCUT2D eigenvalue weighted by Crippen LogP contribution is -2.49. The molecule has 3 saturated heterocycles. The molecule has 3 fully saturated rings. The minimum Gasteiger partial charge on any atom is -0.336 e. The number of hydrogen-bond donors (Lipinski definition) is 2. The van der Waals surface area contributed by atoms with E-state index in [0.29, 0.717) is 17.9 Å². The molecular formula is C20H30N4O. The molecule has 5 nitrogen and oxygen atoms in total. The van der Waals surface area contributed by atoms with Gasteiger partial charge in [-0.15, -0.1) is 0 Å². The largest absolute Gasteiger partial charge is 0.336 e. The summed E-state index contributed by atoms with van der Waals surface area (Å²) in [6.45, 7) is 6.87. The van der Waals surface area contributed by atoms with Gasteiger partial charge in [0.05, 0.1) is 0 Å². The lowest BCUT2D eigenvalue weighted by Gasteiger charge is -2.36. The predicted octanol–water partition coefficient (Wildman–Crippen LogP) is 1.90. The normalized spacial score (nSPS) is 29.6. The Morgan fingerprint density at radius 1 is 1.12 bits per heavy atom. The highest BCUT2D eigenvalue weighted by Gasteiger charge is 2.38. The smallest absolute Gasteiger partial charge is 0.317 e. The van der Waals surface area contributed by atoms with Gasteiger partial charge in [0.15, 0.2) is 0 Å². The Morgan fingerprint density at radius 3 is 2.64 bits per heavy atom. The second-order valence-corrected chi connectivity index (χ2v) is 7.88. The minimum absolute atomic E-state index is 0.139. The number of carbonyl (C=O) groups is 1. The van der Waals surface area contributed by atoms with Crippen LogP contribution in [0.3, 0.4) is 0 Å². The average molecular weight is 342 g/mol. The molecule has 2 N–H and O–H groups in total. The number of carbonyl (C=O) groups excluding carboxylic acids is 1. The van der Waals surface area contributed by atoms with Crippen molar-refractivity contribution in [1.82, 2.24) is 20.4 Å². The SMILES string of the molecule is O=C(NC[C@@H]1CCCCN1Cc1ccccc1)N1C[C@H]2CNC[C@H]2C1. The molecule has 0 spiro atoms. The van der Waals surface area contributed by atoms with Crippen LogP contribution in [0.2, 0.25) is 0 Å². The fraction of sp³-hybridized carbons (Fsp3) is 0.650.